The van der Waals surface area contributed by atoms with E-state index >= 15 is 0 Å². The van der Waals surface area contributed by atoms with Gasteiger partial charge in [0, 0.05) is 17.5 Å². The van der Waals surface area contributed by atoms with E-state index in [0.717, 1.165) is 11.3 Å². The minimum absolute atomic E-state index is 0.00296. The summed E-state index contributed by atoms with van der Waals surface area (Å²) in [6, 6.07) is 0. The first-order valence-electron chi connectivity index (χ1n) is 3.78. The molecule has 1 aromatic rings. The molecule has 0 aliphatic rings. The fourth-order valence-electron chi connectivity index (χ4n) is 0.758. The van der Waals surface area contributed by atoms with Crippen LogP contribution in [0.1, 0.15) is 13.8 Å². The van der Waals surface area contributed by atoms with Crippen molar-refractivity contribution in [2.75, 3.05) is 0 Å². The third kappa shape index (κ3) is 2.04. The molecule has 0 N–H and O–H groups in total. The van der Waals surface area contributed by atoms with Gasteiger partial charge in [-0.1, -0.05) is 25.2 Å². The monoisotopic (exact) mass is 185 g/mol. The van der Waals surface area contributed by atoms with Crippen LogP contribution in [0.3, 0.4) is 0 Å². The maximum atomic E-state index is 11.2. The smallest absolute Gasteiger partial charge is 0.299 e. The summed E-state index contributed by atoms with van der Waals surface area (Å²) >= 11 is 1.11. The Bertz CT molecular complexity index is 324. The topological polar surface area (TPSA) is 39.1 Å². The fourth-order valence-corrected chi connectivity index (χ4v) is 1.34. The normalized spacial score (nSPS) is 10.6. The van der Waals surface area contributed by atoms with Gasteiger partial charge < -0.3 is 0 Å². The SMILES string of the molecule is CC(C)C(=O)Cn1ccsc1=O. The summed E-state index contributed by atoms with van der Waals surface area (Å²) in [6.07, 6.45) is 1.65. The van der Waals surface area contributed by atoms with Crippen LogP contribution >= 0.6 is 11.3 Å². The predicted molar refractivity (Wildman–Crippen MR) is 48.4 cm³/mol. The first kappa shape index (κ1) is 9.19. The second-order valence-electron chi connectivity index (χ2n) is 2.92. The average molecular weight is 185 g/mol. The second kappa shape index (κ2) is 3.67. The highest BCUT2D eigenvalue weighted by atomic mass is 32.1. The van der Waals surface area contributed by atoms with Crippen LogP contribution in [-0.4, -0.2) is 10.4 Å². The Morgan fingerprint density at radius 2 is 2.33 bits per heavy atom. The molecule has 3 nitrogen and oxygen atoms in total. The Morgan fingerprint density at radius 3 is 2.75 bits per heavy atom. The summed E-state index contributed by atoms with van der Waals surface area (Å²) in [7, 11) is 0. The number of rotatable bonds is 3. The van der Waals surface area contributed by atoms with Crippen LogP contribution in [0.2, 0.25) is 0 Å². The van der Waals surface area contributed by atoms with E-state index in [2.05, 4.69) is 0 Å². The Balaban J connectivity index is 2.71. The third-order valence-corrected chi connectivity index (χ3v) is 2.31. The molecule has 0 saturated heterocycles. The minimum atomic E-state index is -0.0657. The number of thiazole rings is 1. The standard InChI is InChI=1S/C8H11NO2S/c1-6(2)7(10)5-9-3-4-12-8(9)11/h3-4,6H,5H2,1-2H3. The van der Waals surface area contributed by atoms with E-state index < -0.39 is 0 Å². The summed E-state index contributed by atoms with van der Waals surface area (Å²) in [5.41, 5.74) is 0. The zero-order chi connectivity index (χ0) is 9.14. The number of hydrogen-bond donors (Lipinski definition) is 0. The highest BCUT2D eigenvalue weighted by Gasteiger charge is 2.08. The maximum Gasteiger partial charge on any atom is 0.307 e. The van der Waals surface area contributed by atoms with Gasteiger partial charge in [0.1, 0.15) is 0 Å². The molecule has 0 fully saturated rings. The molecule has 0 saturated carbocycles. The first-order chi connectivity index (χ1) is 5.61. The largest absolute Gasteiger partial charge is 0.307 e. The number of Topliss-reactive ketones (excluding diaryl/α,β-unsaturated/α-hetero) is 1. The van der Waals surface area contributed by atoms with Crippen molar-refractivity contribution in [3.05, 3.63) is 21.2 Å². The molecular weight excluding hydrogens is 174 g/mol. The van der Waals surface area contributed by atoms with E-state index in [-0.39, 0.29) is 23.1 Å². The van der Waals surface area contributed by atoms with Crippen LogP contribution in [0, 0.1) is 5.92 Å². The molecule has 0 radical (unpaired) electrons. The lowest BCUT2D eigenvalue weighted by molar-refractivity contribution is -0.122. The van der Waals surface area contributed by atoms with Crippen LogP contribution in [0.25, 0.3) is 0 Å². The molecule has 0 aromatic carbocycles. The van der Waals surface area contributed by atoms with Crippen molar-refractivity contribution in [3.63, 3.8) is 0 Å². The van der Waals surface area contributed by atoms with Crippen molar-refractivity contribution in [2.45, 2.75) is 20.4 Å². The molecule has 0 atom stereocenters. The molecule has 0 unspecified atom stereocenters. The highest BCUT2D eigenvalue weighted by molar-refractivity contribution is 7.07. The molecular formula is C8H11NO2S. The van der Waals surface area contributed by atoms with Crippen molar-refractivity contribution < 1.29 is 4.79 Å². The van der Waals surface area contributed by atoms with Crippen molar-refractivity contribution in [1.82, 2.24) is 4.57 Å². The lowest BCUT2D eigenvalue weighted by Crippen LogP contribution is -2.21. The van der Waals surface area contributed by atoms with E-state index in [1.165, 1.54) is 4.57 Å². The van der Waals surface area contributed by atoms with Gasteiger partial charge in [-0.3, -0.25) is 14.2 Å². The Labute approximate surface area is 74.6 Å². The maximum absolute atomic E-state index is 11.2. The van der Waals surface area contributed by atoms with Crippen LogP contribution < -0.4 is 4.87 Å². The average Bonchev–Trinajstić information content (AvgIpc) is 2.36. The van der Waals surface area contributed by atoms with E-state index in [1.807, 2.05) is 13.8 Å². The van der Waals surface area contributed by atoms with Crippen molar-refractivity contribution in [2.24, 2.45) is 5.92 Å². The lowest BCUT2D eigenvalue weighted by atomic mass is 10.1. The van der Waals surface area contributed by atoms with Crippen LogP contribution in [0.4, 0.5) is 0 Å². The lowest BCUT2D eigenvalue weighted by Gasteiger charge is -2.02. The molecule has 1 rings (SSSR count). The Kier molecular flexibility index (Phi) is 2.81. The fraction of sp³-hybridized carbons (Fsp3) is 0.500. The number of carbonyl (C=O) groups excluding carboxylic acids is 1. The van der Waals surface area contributed by atoms with Crippen LogP contribution in [0.5, 0.6) is 0 Å². The van der Waals surface area contributed by atoms with E-state index in [9.17, 15) is 9.59 Å². The number of carbonyl (C=O) groups is 1. The number of nitrogens with zero attached hydrogens (tertiary/aromatic N) is 1. The number of hydrogen-bond acceptors (Lipinski definition) is 3. The Hall–Kier alpha value is -0.900. The van der Waals surface area contributed by atoms with Gasteiger partial charge in [-0.25, -0.2) is 0 Å². The molecule has 1 heterocycles. The van der Waals surface area contributed by atoms with Gasteiger partial charge in [0.25, 0.3) is 0 Å². The quantitative estimate of drug-likeness (QED) is 0.708. The van der Waals surface area contributed by atoms with Gasteiger partial charge in [-0.15, -0.1) is 0 Å². The van der Waals surface area contributed by atoms with Gasteiger partial charge in [-0.2, -0.15) is 0 Å². The van der Waals surface area contributed by atoms with Crippen molar-refractivity contribution in [1.29, 1.82) is 0 Å². The van der Waals surface area contributed by atoms with Gasteiger partial charge in [0.15, 0.2) is 5.78 Å². The highest BCUT2D eigenvalue weighted by Crippen LogP contribution is 1.97. The molecule has 4 heteroatoms. The van der Waals surface area contributed by atoms with Gasteiger partial charge in [0.05, 0.1) is 6.54 Å². The van der Waals surface area contributed by atoms with Gasteiger partial charge >= 0.3 is 4.87 Å². The molecule has 0 spiro atoms. The van der Waals surface area contributed by atoms with E-state index in [1.54, 1.807) is 11.6 Å². The molecule has 1 aromatic heterocycles. The summed E-state index contributed by atoms with van der Waals surface area (Å²) in [6.45, 7) is 3.87. The Morgan fingerprint density at radius 1 is 1.67 bits per heavy atom. The molecule has 0 amide bonds. The molecule has 0 aliphatic heterocycles. The van der Waals surface area contributed by atoms with E-state index in [4.69, 9.17) is 0 Å². The zero-order valence-corrected chi connectivity index (χ0v) is 7.93. The van der Waals surface area contributed by atoms with Crippen molar-refractivity contribution >= 4 is 17.1 Å². The number of aromatic nitrogens is 1. The first-order valence-corrected chi connectivity index (χ1v) is 4.66. The summed E-state index contributed by atoms with van der Waals surface area (Å²) < 4.78 is 1.44. The minimum Gasteiger partial charge on any atom is -0.299 e. The summed E-state index contributed by atoms with van der Waals surface area (Å²) in [4.78, 5) is 22.1. The van der Waals surface area contributed by atoms with Gasteiger partial charge in [0.2, 0.25) is 0 Å². The van der Waals surface area contributed by atoms with Crippen LogP contribution in [-0.2, 0) is 11.3 Å². The second-order valence-corrected chi connectivity index (χ2v) is 3.77. The summed E-state index contributed by atoms with van der Waals surface area (Å²) in [5.74, 6) is 0.0901. The van der Waals surface area contributed by atoms with Crippen molar-refractivity contribution in [3.8, 4) is 0 Å². The summed E-state index contributed by atoms with van der Waals surface area (Å²) in [5, 5.41) is 1.69. The molecule has 0 bridgehead atoms. The molecule has 12 heavy (non-hydrogen) atoms. The molecule has 66 valence electrons. The predicted octanol–water partition coefficient (Wildman–Crippen LogP) is 1.13. The van der Waals surface area contributed by atoms with E-state index in [0.29, 0.717) is 0 Å². The number of ketones is 1. The van der Waals surface area contributed by atoms with Crippen LogP contribution in [0.15, 0.2) is 16.4 Å². The third-order valence-electron chi connectivity index (χ3n) is 1.61. The zero-order valence-electron chi connectivity index (χ0n) is 7.11. The van der Waals surface area contributed by atoms with Gasteiger partial charge in [-0.05, 0) is 0 Å². The molecule has 0 aliphatic carbocycles.